The maximum absolute atomic E-state index is 13.8. The Balaban J connectivity index is 2.72. The molecule has 0 heterocycles. The highest BCUT2D eigenvalue weighted by atomic mass is 19.2. The van der Waals surface area contributed by atoms with Gasteiger partial charge in [0.2, 0.25) is 0 Å². The zero-order chi connectivity index (χ0) is 12.0. The van der Waals surface area contributed by atoms with Crippen LogP contribution in [-0.2, 0) is 0 Å². The van der Waals surface area contributed by atoms with Crippen molar-refractivity contribution in [1.82, 2.24) is 0 Å². The van der Waals surface area contributed by atoms with Crippen LogP contribution >= 0.6 is 0 Å². The van der Waals surface area contributed by atoms with Gasteiger partial charge < -0.3 is 0 Å². The minimum absolute atomic E-state index is 0.0267. The summed E-state index contributed by atoms with van der Waals surface area (Å²) in [4.78, 5) is 0. The van der Waals surface area contributed by atoms with Crippen LogP contribution in [0.25, 0.3) is 21.5 Å². The number of benzene rings is 3. The van der Waals surface area contributed by atoms with Gasteiger partial charge >= 0.3 is 0 Å². The average molecular weight is 232 g/mol. The Hall–Kier alpha value is -2.03. The summed E-state index contributed by atoms with van der Waals surface area (Å²) in [7, 11) is 0. The largest absolute Gasteiger partial charge is 0.206 e. The lowest BCUT2D eigenvalue weighted by atomic mass is 10.0. The van der Waals surface area contributed by atoms with Crippen LogP contribution < -0.4 is 0 Å². The van der Waals surface area contributed by atoms with Crippen molar-refractivity contribution in [3.05, 3.63) is 59.9 Å². The van der Waals surface area contributed by atoms with Crippen molar-refractivity contribution in [2.45, 2.75) is 0 Å². The number of fused-ring (bicyclic) bond motifs is 3. The van der Waals surface area contributed by atoms with Crippen molar-refractivity contribution in [3.8, 4) is 0 Å². The van der Waals surface area contributed by atoms with Gasteiger partial charge in [-0.3, -0.25) is 0 Å². The van der Waals surface area contributed by atoms with Crippen LogP contribution in [-0.4, -0.2) is 0 Å². The first-order chi connectivity index (χ1) is 8.20. The van der Waals surface area contributed by atoms with Gasteiger partial charge in [-0.1, -0.05) is 36.4 Å². The van der Waals surface area contributed by atoms with Gasteiger partial charge in [0.05, 0.1) is 0 Å². The summed E-state index contributed by atoms with van der Waals surface area (Å²) in [6, 6.07) is 10.3. The van der Waals surface area contributed by atoms with E-state index >= 15 is 0 Å². The van der Waals surface area contributed by atoms with E-state index in [0.29, 0.717) is 5.39 Å². The summed E-state index contributed by atoms with van der Waals surface area (Å²) in [6.45, 7) is 0. The summed E-state index contributed by atoms with van der Waals surface area (Å²) >= 11 is 0. The van der Waals surface area contributed by atoms with E-state index in [1.165, 1.54) is 24.3 Å². The summed E-state index contributed by atoms with van der Waals surface area (Å²) in [5.74, 6) is -2.48. The third kappa shape index (κ3) is 1.32. The molecule has 84 valence electrons. The third-order valence-corrected chi connectivity index (χ3v) is 2.88. The highest BCUT2D eigenvalue weighted by Gasteiger charge is 2.15. The topological polar surface area (TPSA) is 0 Å². The quantitative estimate of drug-likeness (QED) is 0.503. The van der Waals surface area contributed by atoms with Gasteiger partial charge in [-0.15, -0.1) is 0 Å². The highest BCUT2D eigenvalue weighted by Crippen LogP contribution is 2.32. The van der Waals surface area contributed by atoms with E-state index in [0.717, 1.165) is 0 Å². The maximum Gasteiger partial charge on any atom is 0.167 e. The predicted molar refractivity (Wildman–Crippen MR) is 61.3 cm³/mol. The second-order valence-electron chi connectivity index (χ2n) is 3.84. The van der Waals surface area contributed by atoms with Crippen LogP contribution in [0.3, 0.4) is 0 Å². The fourth-order valence-electron chi connectivity index (χ4n) is 2.11. The van der Waals surface area contributed by atoms with E-state index in [4.69, 9.17) is 0 Å². The van der Waals surface area contributed by atoms with Crippen LogP contribution in [0.1, 0.15) is 0 Å². The molecule has 3 aromatic rings. The van der Waals surface area contributed by atoms with Crippen LogP contribution in [0, 0.1) is 17.5 Å². The third-order valence-electron chi connectivity index (χ3n) is 2.88. The molecule has 0 N–H and O–H groups in total. The molecule has 0 amide bonds. The normalized spacial score (nSPS) is 11.2. The molecule has 0 saturated carbocycles. The average Bonchev–Trinajstić information content (AvgIpc) is 2.36. The minimum Gasteiger partial charge on any atom is -0.206 e. The van der Waals surface area contributed by atoms with Gasteiger partial charge in [-0.05, 0) is 11.5 Å². The molecular weight excluding hydrogens is 225 g/mol. The molecule has 0 spiro atoms. The second kappa shape index (κ2) is 3.48. The molecule has 0 aliphatic heterocycles. The SMILES string of the molecule is Fc1c(F)c2cccc(F)c2c2ccccc12. The molecule has 3 rings (SSSR count). The standard InChI is InChI=1S/C14H7F3/c15-11-7-3-6-10-12(11)8-4-1-2-5-9(8)13(16)14(10)17/h1-7H. The van der Waals surface area contributed by atoms with Gasteiger partial charge in [0, 0.05) is 16.2 Å². The zero-order valence-electron chi connectivity index (χ0n) is 8.68. The van der Waals surface area contributed by atoms with Crippen molar-refractivity contribution in [2.75, 3.05) is 0 Å². The zero-order valence-corrected chi connectivity index (χ0v) is 8.68. The molecular formula is C14H7F3. The van der Waals surface area contributed by atoms with Crippen LogP contribution in [0.5, 0.6) is 0 Å². The molecule has 0 aromatic heterocycles. The van der Waals surface area contributed by atoms with Crippen molar-refractivity contribution in [3.63, 3.8) is 0 Å². The molecule has 0 nitrogen and oxygen atoms in total. The predicted octanol–water partition coefficient (Wildman–Crippen LogP) is 4.41. The van der Waals surface area contributed by atoms with Crippen molar-refractivity contribution < 1.29 is 13.2 Å². The first kappa shape index (κ1) is 10.1. The van der Waals surface area contributed by atoms with E-state index in [-0.39, 0.29) is 16.2 Å². The van der Waals surface area contributed by atoms with Crippen molar-refractivity contribution in [1.29, 1.82) is 0 Å². The maximum atomic E-state index is 13.8. The first-order valence-electron chi connectivity index (χ1n) is 5.14. The van der Waals surface area contributed by atoms with Gasteiger partial charge in [0.25, 0.3) is 0 Å². The van der Waals surface area contributed by atoms with Gasteiger partial charge in [0.15, 0.2) is 11.6 Å². The molecule has 0 aliphatic rings. The van der Waals surface area contributed by atoms with Crippen LogP contribution in [0.2, 0.25) is 0 Å². The molecule has 0 saturated heterocycles. The lowest BCUT2D eigenvalue weighted by Crippen LogP contribution is -1.92. The minimum atomic E-state index is -1.00. The van der Waals surface area contributed by atoms with Gasteiger partial charge in [-0.2, -0.15) is 0 Å². The molecule has 0 fully saturated rings. The van der Waals surface area contributed by atoms with E-state index in [1.54, 1.807) is 18.2 Å². The molecule has 3 heteroatoms. The number of halogens is 3. The molecule has 0 unspecified atom stereocenters. The van der Waals surface area contributed by atoms with Crippen molar-refractivity contribution >= 4 is 21.5 Å². The lowest BCUT2D eigenvalue weighted by molar-refractivity contribution is 0.524. The molecule has 0 aliphatic carbocycles. The molecule has 0 radical (unpaired) electrons. The van der Waals surface area contributed by atoms with E-state index < -0.39 is 17.5 Å². The molecule has 17 heavy (non-hydrogen) atoms. The molecule has 3 aromatic carbocycles. The molecule has 0 atom stereocenters. The smallest absolute Gasteiger partial charge is 0.167 e. The fourth-order valence-corrected chi connectivity index (χ4v) is 2.11. The van der Waals surface area contributed by atoms with E-state index in [9.17, 15) is 13.2 Å². The Morgan fingerprint density at radius 2 is 1.18 bits per heavy atom. The second-order valence-corrected chi connectivity index (χ2v) is 3.84. The Morgan fingerprint density at radius 1 is 0.588 bits per heavy atom. The van der Waals surface area contributed by atoms with Crippen molar-refractivity contribution in [2.24, 2.45) is 0 Å². The first-order valence-corrected chi connectivity index (χ1v) is 5.14. The van der Waals surface area contributed by atoms with Gasteiger partial charge in [-0.25, -0.2) is 13.2 Å². The summed E-state index contributed by atoms with van der Waals surface area (Å²) in [5.41, 5.74) is 0. The highest BCUT2D eigenvalue weighted by molar-refractivity contribution is 6.08. The number of hydrogen-bond acceptors (Lipinski definition) is 0. The fraction of sp³-hybridized carbons (Fsp3) is 0. The Bertz CT molecular complexity index is 732. The number of rotatable bonds is 0. The Kier molecular flexibility index (Phi) is 2.08. The Morgan fingerprint density at radius 3 is 1.94 bits per heavy atom. The summed E-state index contributed by atoms with van der Waals surface area (Å²) in [6.07, 6.45) is 0. The van der Waals surface area contributed by atoms with E-state index in [2.05, 4.69) is 0 Å². The lowest BCUT2D eigenvalue weighted by Gasteiger charge is -2.07. The summed E-state index contributed by atoms with van der Waals surface area (Å²) in [5, 5.41) is 0.588. The summed E-state index contributed by atoms with van der Waals surface area (Å²) < 4.78 is 41.3. The van der Waals surface area contributed by atoms with Crippen LogP contribution in [0.15, 0.2) is 42.5 Å². The van der Waals surface area contributed by atoms with Gasteiger partial charge in [0.1, 0.15) is 5.82 Å². The molecule has 0 bridgehead atoms. The number of hydrogen-bond donors (Lipinski definition) is 0. The Labute approximate surface area is 95.3 Å². The van der Waals surface area contributed by atoms with Crippen LogP contribution in [0.4, 0.5) is 13.2 Å². The van der Waals surface area contributed by atoms with E-state index in [1.807, 2.05) is 0 Å². The monoisotopic (exact) mass is 232 g/mol.